The zero-order chi connectivity index (χ0) is 9.97. The molecule has 0 saturated carbocycles. The predicted octanol–water partition coefficient (Wildman–Crippen LogP) is 3.19. The van der Waals surface area contributed by atoms with E-state index in [1.165, 1.54) is 36.0 Å². The molecule has 2 rings (SSSR count). The number of hydrogen-bond donors (Lipinski definition) is 0. The first-order chi connectivity index (χ1) is 6.85. The van der Waals surface area contributed by atoms with Gasteiger partial charge in [0.25, 0.3) is 0 Å². The van der Waals surface area contributed by atoms with Crippen LogP contribution in [0.2, 0.25) is 0 Å². The van der Waals surface area contributed by atoms with Crippen LogP contribution in [-0.2, 0) is 12.8 Å². The maximum absolute atomic E-state index is 8.98. The van der Waals surface area contributed by atoms with Gasteiger partial charge in [0.1, 0.15) is 0 Å². The SMILES string of the molecule is CCC(C#N)c1ccc2c(c1)CCC2. The van der Waals surface area contributed by atoms with Crippen molar-refractivity contribution in [2.24, 2.45) is 0 Å². The molecule has 14 heavy (non-hydrogen) atoms. The van der Waals surface area contributed by atoms with Gasteiger partial charge in [-0.05, 0) is 42.4 Å². The summed E-state index contributed by atoms with van der Waals surface area (Å²) in [6.07, 6.45) is 4.61. The molecule has 1 aliphatic carbocycles. The summed E-state index contributed by atoms with van der Waals surface area (Å²) in [5.41, 5.74) is 4.16. The Bertz CT molecular complexity index is 373. The lowest BCUT2D eigenvalue weighted by Crippen LogP contribution is -1.95. The van der Waals surface area contributed by atoms with Crippen LogP contribution in [0.1, 0.15) is 42.4 Å². The Morgan fingerprint density at radius 2 is 2.14 bits per heavy atom. The molecule has 0 radical (unpaired) electrons. The monoisotopic (exact) mass is 185 g/mol. The van der Waals surface area contributed by atoms with E-state index in [2.05, 4.69) is 31.2 Å². The Hall–Kier alpha value is -1.29. The first-order valence-corrected chi connectivity index (χ1v) is 5.36. The van der Waals surface area contributed by atoms with Crippen LogP contribution in [0.25, 0.3) is 0 Å². The topological polar surface area (TPSA) is 23.8 Å². The van der Waals surface area contributed by atoms with Crippen molar-refractivity contribution in [1.82, 2.24) is 0 Å². The van der Waals surface area contributed by atoms with Crippen LogP contribution < -0.4 is 0 Å². The van der Waals surface area contributed by atoms with Crippen LogP contribution >= 0.6 is 0 Å². The molecule has 0 amide bonds. The van der Waals surface area contributed by atoms with Gasteiger partial charge in [-0.3, -0.25) is 0 Å². The molecule has 0 saturated heterocycles. The normalized spacial score (nSPS) is 16.0. The molecule has 1 heteroatoms. The van der Waals surface area contributed by atoms with Crippen LogP contribution in [0.3, 0.4) is 0 Å². The lowest BCUT2D eigenvalue weighted by Gasteiger charge is -2.08. The van der Waals surface area contributed by atoms with Gasteiger partial charge in [0.05, 0.1) is 12.0 Å². The minimum atomic E-state index is 0.0842. The molecule has 1 atom stereocenters. The molecule has 0 N–H and O–H groups in total. The van der Waals surface area contributed by atoms with Gasteiger partial charge in [0.2, 0.25) is 0 Å². The summed E-state index contributed by atoms with van der Waals surface area (Å²) in [4.78, 5) is 0. The van der Waals surface area contributed by atoms with Crippen LogP contribution in [0.5, 0.6) is 0 Å². The zero-order valence-corrected chi connectivity index (χ0v) is 8.59. The highest BCUT2D eigenvalue weighted by Crippen LogP contribution is 2.27. The molecule has 0 fully saturated rings. The van der Waals surface area contributed by atoms with Crippen molar-refractivity contribution in [3.8, 4) is 6.07 Å². The Morgan fingerprint density at radius 1 is 1.36 bits per heavy atom. The molecule has 0 bridgehead atoms. The van der Waals surface area contributed by atoms with E-state index in [1.807, 2.05) is 0 Å². The quantitative estimate of drug-likeness (QED) is 0.694. The van der Waals surface area contributed by atoms with Gasteiger partial charge in [-0.25, -0.2) is 0 Å². The van der Waals surface area contributed by atoms with Gasteiger partial charge >= 0.3 is 0 Å². The van der Waals surface area contributed by atoms with E-state index in [0.29, 0.717) is 0 Å². The lowest BCUT2D eigenvalue weighted by atomic mass is 9.95. The van der Waals surface area contributed by atoms with Crippen LogP contribution in [0.15, 0.2) is 18.2 Å². The van der Waals surface area contributed by atoms with Crippen molar-refractivity contribution in [2.45, 2.75) is 38.5 Å². The van der Waals surface area contributed by atoms with Gasteiger partial charge in [-0.1, -0.05) is 25.1 Å². The van der Waals surface area contributed by atoms with Crippen LogP contribution in [0.4, 0.5) is 0 Å². The molecule has 1 unspecified atom stereocenters. The standard InChI is InChI=1S/C13H15N/c1-2-10(9-14)13-7-6-11-4-3-5-12(11)8-13/h6-8,10H,2-5H2,1H3. The van der Waals surface area contributed by atoms with E-state index in [0.717, 1.165) is 6.42 Å². The Kier molecular flexibility index (Phi) is 2.54. The third-order valence-corrected chi connectivity index (χ3v) is 3.09. The summed E-state index contributed by atoms with van der Waals surface area (Å²) in [5.74, 6) is 0.0842. The Labute approximate surface area is 85.4 Å². The van der Waals surface area contributed by atoms with Crippen molar-refractivity contribution >= 4 is 0 Å². The fourth-order valence-electron chi connectivity index (χ4n) is 2.21. The molecule has 1 aromatic carbocycles. The maximum Gasteiger partial charge on any atom is 0.0710 e. The van der Waals surface area contributed by atoms with Crippen LogP contribution in [0, 0.1) is 11.3 Å². The van der Waals surface area contributed by atoms with E-state index >= 15 is 0 Å². The minimum absolute atomic E-state index is 0.0842. The van der Waals surface area contributed by atoms with Gasteiger partial charge < -0.3 is 0 Å². The molecular formula is C13H15N. The lowest BCUT2D eigenvalue weighted by molar-refractivity contribution is 0.816. The second-order valence-electron chi connectivity index (χ2n) is 3.97. The number of rotatable bonds is 2. The third-order valence-electron chi connectivity index (χ3n) is 3.09. The Morgan fingerprint density at radius 3 is 2.86 bits per heavy atom. The highest BCUT2D eigenvalue weighted by molar-refractivity contribution is 5.38. The molecule has 72 valence electrons. The van der Waals surface area contributed by atoms with Crippen LogP contribution in [-0.4, -0.2) is 0 Å². The third kappa shape index (κ3) is 1.53. The van der Waals surface area contributed by atoms with Crippen molar-refractivity contribution in [3.05, 3.63) is 34.9 Å². The number of fused-ring (bicyclic) bond motifs is 1. The fourth-order valence-corrected chi connectivity index (χ4v) is 2.21. The number of hydrogen-bond acceptors (Lipinski definition) is 1. The van der Waals surface area contributed by atoms with Gasteiger partial charge in [0, 0.05) is 0 Å². The molecule has 1 aromatic rings. The van der Waals surface area contributed by atoms with E-state index < -0.39 is 0 Å². The summed E-state index contributed by atoms with van der Waals surface area (Å²) >= 11 is 0. The average molecular weight is 185 g/mol. The summed E-state index contributed by atoms with van der Waals surface area (Å²) in [6, 6.07) is 8.93. The van der Waals surface area contributed by atoms with Crippen molar-refractivity contribution < 1.29 is 0 Å². The first kappa shape index (κ1) is 9.27. The summed E-state index contributed by atoms with van der Waals surface area (Å²) in [5, 5.41) is 8.98. The molecule has 0 heterocycles. The number of benzene rings is 1. The second kappa shape index (κ2) is 3.84. The van der Waals surface area contributed by atoms with Gasteiger partial charge in [-0.2, -0.15) is 5.26 Å². The summed E-state index contributed by atoms with van der Waals surface area (Å²) < 4.78 is 0. The summed E-state index contributed by atoms with van der Waals surface area (Å²) in [6.45, 7) is 2.07. The molecule has 0 aliphatic heterocycles. The van der Waals surface area contributed by atoms with Gasteiger partial charge in [-0.15, -0.1) is 0 Å². The molecular weight excluding hydrogens is 170 g/mol. The predicted molar refractivity (Wildman–Crippen MR) is 57.1 cm³/mol. The second-order valence-corrected chi connectivity index (χ2v) is 3.97. The van der Waals surface area contributed by atoms with E-state index in [1.54, 1.807) is 0 Å². The molecule has 1 aliphatic rings. The largest absolute Gasteiger partial charge is 0.198 e. The summed E-state index contributed by atoms with van der Waals surface area (Å²) in [7, 11) is 0. The fraction of sp³-hybridized carbons (Fsp3) is 0.462. The zero-order valence-electron chi connectivity index (χ0n) is 8.59. The first-order valence-electron chi connectivity index (χ1n) is 5.36. The highest BCUT2D eigenvalue weighted by Gasteiger charge is 2.14. The molecule has 1 nitrogen and oxygen atoms in total. The Balaban J connectivity index is 2.33. The van der Waals surface area contributed by atoms with E-state index in [4.69, 9.17) is 5.26 Å². The maximum atomic E-state index is 8.98. The molecule has 0 spiro atoms. The molecule has 0 aromatic heterocycles. The average Bonchev–Trinajstić information content (AvgIpc) is 2.66. The number of nitrogens with zero attached hydrogens (tertiary/aromatic N) is 1. The van der Waals surface area contributed by atoms with Crippen molar-refractivity contribution in [1.29, 1.82) is 5.26 Å². The smallest absolute Gasteiger partial charge is 0.0710 e. The minimum Gasteiger partial charge on any atom is -0.198 e. The van der Waals surface area contributed by atoms with Gasteiger partial charge in [0.15, 0.2) is 0 Å². The highest BCUT2D eigenvalue weighted by atomic mass is 14.3. The van der Waals surface area contributed by atoms with Crippen molar-refractivity contribution in [2.75, 3.05) is 0 Å². The number of nitriles is 1. The van der Waals surface area contributed by atoms with Crippen molar-refractivity contribution in [3.63, 3.8) is 0 Å². The van der Waals surface area contributed by atoms with E-state index in [-0.39, 0.29) is 5.92 Å². The number of aryl methyl sites for hydroxylation is 2. The van der Waals surface area contributed by atoms with E-state index in [9.17, 15) is 0 Å².